The van der Waals surface area contributed by atoms with Crippen molar-refractivity contribution < 1.29 is 0 Å². The Morgan fingerprint density at radius 3 is 2.02 bits per heavy atom. The van der Waals surface area contributed by atoms with Crippen LogP contribution < -0.4 is 4.90 Å². The van der Waals surface area contributed by atoms with Crippen LogP contribution in [-0.2, 0) is 0 Å². The van der Waals surface area contributed by atoms with Gasteiger partial charge in [-0.15, -0.1) is 20.4 Å². The van der Waals surface area contributed by atoms with Gasteiger partial charge in [0.1, 0.15) is 5.71 Å². The second kappa shape index (κ2) is 12.7. The van der Waals surface area contributed by atoms with Crippen molar-refractivity contribution in [3.05, 3.63) is 114 Å². The molecule has 0 saturated heterocycles. The zero-order valence-electron chi connectivity index (χ0n) is 28.1. The Balaban J connectivity index is 0.000000190. The molecule has 8 rings (SSSR count). The molecule has 0 aliphatic carbocycles. The molecular weight excluding hydrogens is 596 g/mol. The fraction of sp³-hybridized carbons (Fsp3) is 0.211. The SMILES string of the molecule is CCN(CC)c1ccc2cc(N=C3C(C)=Nn4c3nnc4-c3cccc(C)c3)ccc2c1.Cc1cccc(-c2nnc3cc(C)[nH]n23)c1. The van der Waals surface area contributed by atoms with E-state index in [0.717, 1.165) is 69.7 Å². The summed E-state index contributed by atoms with van der Waals surface area (Å²) in [4.78, 5) is 7.25. The zero-order valence-corrected chi connectivity index (χ0v) is 28.1. The van der Waals surface area contributed by atoms with Gasteiger partial charge in [0.05, 0.1) is 11.4 Å². The maximum atomic E-state index is 4.90. The van der Waals surface area contributed by atoms with Gasteiger partial charge in [-0.25, -0.2) is 9.51 Å². The molecule has 1 aliphatic rings. The summed E-state index contributed by atoms with van der Waals surface area (Å²) < 4.78 is 3.70. The number of aliphatic imine (C=N–C) groups is 1. The van der Waals surface area contributed by atoms with Gasteiger partial charge in [-0.3, -0.25) is 5.10 Å². The Morgan fingerprint density at radius 1 is 0.667 bits per heavy atom. The molecule has 1 N–H and O–H groups in total. The first-order valence-corrected chi connectivity index (χ1v) is 16.2. The van der Waals surface area contributed by atoms with Crippen LogP contribution in [0.25, 0.3) is 39.2 Å². The van der Waals surface area contributed by atoms with Gasteiger partial charge >= 0.3 is 0 Å². The minimum atomic E-state index is 0.677. The first-order valence-electron chi connectivity index (χ1n) is 16.2. The van der Waals surface area contributed by atoms with Crippen LogP contribution in [0.3, 0.4) is 0 Å². The van der Waals surface area contributed by atoms with Gasteiger partial charge in [0.25, 0.3) is 0 Å². The Morgan fingerprint density at radius 2 is 1.31 bits per heavy atom. The number of aromatic nitrogens is 7. The van der Waals surface area contributed by atoms with E-state index in [-0.39, 0.29) is 0 Å². The predicted octanol–water partition coefficient (Wildman–Crippen LogP) is 7.95. The van der Waals surface area contributed by atoms with Crippen molar-refractivity contribution in [3.63, 3.8) is 0 Å². The summed E-state index contributed by atoms with van der Waals surface area (Å²) >= 11 is 0. The number of hydrogen-bond donors (Lipinski definition) is 1. The summed E-state index contributed by atoms with van der Waals surface area (Å²) in [5.41, 5.74) is 10.1. The second-order valence-corrected chi connectivity index (χ2v) is 12.1. The molecule has 240 valence electrons. The van der Waals surface area contributed by atoms with E-state index in [1.807, 2.05) is 48.7 Å². The van der Waals surface area contributed by atoms with Crippen molar-refractivity contribution in [1.29, 1.82) is 0 Å². The van der Waals surface area contributed by atoms with Crippen LogP contribution in [0.5, 0.6) is 0 Å². The lowest BCUT2D eigenvalue weighted by Crippen LogP contribution is -2.21. The highest BCUT2D eigenvalue weighted by Crippen LogP contribution is 2.28. The first kappa shape index (κ1) is 30.7. The fourth-order valence-corrected chi connectivity index (χ4v) is 6.05. The molecule has 0 spiro atoms. The van der Waals surface area contributed by atoms with Gasteiger partial charge in [-0.1, -0.05) is 59.7 Å². The number of H-pyrrole nitrogens is 1. The minimum absolute atomic E-state index is 0.677. The molecule has 0 radical (unpaired) electrons. The number of anilines is 1. The summed E-state index contributed by atoms with van der Waals surface area (Å²) in [6.45, 7) is 14.5. The van der Waals surface area contributed by atoms with E-state index in [2.05, 4.69) is 124 Å². The smallest absolute Gasteiger partial charge is 0.205 e. The molecule has 3 aromatic heterocycles. The maximum absolute atomic E-state index is 4.90. The molecule has 0 saturated carbocycles. The Bertz CT molecular complexity index is 2330. The number of nitrogens with zero attached hydrogens (tertiary/aromatic N) is 9. The second-order valence-electron chi connectivity index (χ2n) is 12.1. The van der Waals surface area contributed by atoms with Crippen molar-refractivity contribution in [2.24, 2.45) is 10.1 Å². The monoisotopic (exact) mass is 634 g/mol. The molecule has 48 heavy (non-hydrogen) atoms. The normalized spacial score (nSPS) is 13.1. The summed E-state index contributed by atoms with van der Waals surface area (Å²) in [6.07, 6.45) is 0. The van der Waals surface area contributed by atoms with Gasteiger partial charge < -0.3 is 4.90 Å². The van der Waals surface area contributed by atoms with E-state index >= 15 is 0 Å². The fourth-order valence-electron chi connectivity index (χ4n) is 6.05. The van der Waals surface area contributed by atoms with Crippen molar-refractivity contribution in [3.8, 4) is 22.8 Å². The van der Waals surface area contributed by atoms with E-state index in [1.165, 1.54) is 22.2 Å². The van der Waals surface area contributed by atoms with Crippen LogP contribution in [0, 0.1) is 20.8 Å². The number of nitrogens with one attached hydrogen (secondary N) is 1. The average Bonchev–Trinajstić information content (AvgIpc) is 3.84. The quantitative estimate of drug-likeness (QED) is 0.200. The third-order valence-electron chi connectivity index (χ3n) is 8.50. The standard InChI is InChI=1S/C26H26N6.C12H12N4/c1-5-31(6-2)23-13-11-19-15-22(12-10-20(19)16-23)27-24-18(4)30-32-25(28-29-26(24)32)21-9-7-8-17(3)14-21;1-8-4-3-5-10(6-8)12-14-13-11-7-9(2)15-16(11)12/h7-16H,5-6H2,1-4H3;3-7,15H,1-2H3. The maximum Gasteiger partial charge on any atom is 0.205 e. The van der Waals surface area contributed by atoms with E-state index in [1.54, 1.807) is 4.68 Å². The summed E-state index contributed by atoms with van der Waals surface area (Å²) in [5.74, 6) is 2.26. The van der Waals surface area contributed by atoms with Crippen molar-refractivity contribution in [1.82, 2.24) is 34.7 Å². The van der Waals surface area contributed by atoms with E-state index in [9.17, 15) is 0 Å². The van der Waals surface area contributed by atoms with Gasteiger partial charge in [0.15, 0.2) is 17.3 Å². The van der Waals surface area contributed by atoms with Crippen molar-refractivity contribution in [2.45, 2.75) is 41.5 Å². The van der Waals surface area contributed by atoms with E-state index < -0.39 is 0 Å². The third-order valence-corrected chi connectivity index (χ3v) is 8.50. The molecule has 0 bridgehead atoms. The number of rotatable bonds is 6. The topological polar surface area (TPSA) is 105 Å². The van der Waals surface area contributed by atoms with Gasteiger partial charge in [0, 0.05) is 41.7 Å². The van der Waals surface area contributed by atoms with Crippen LogP contribution in [0.2, 0.25) is 0 Å². The van der Waals surface area contributed by atoms with Crippen LogP contribution in [-0.4, -0.2) is 59.2 Å². The van der Waals surface area contributed by atoms with Crippen LogP contribution in [0.1, 0.15) is 43.4 Å². The number of aryl methyl sites for hydroxylation is 3. The highest BCUT2D eigenvalue weighted by atomic mass is 15.5. The molecule has 0 amide bonds. The van der Waals surface area contributed by atoms with Crippen molar-refractivity contribution in [2.75, 3.05) is 18.0 Å². The third kappa shape index (κ3) is 5.88. The molecule has 4 aromatic carbocycles. The summed E-state index contributed by atoms with van der Waals surface area (Å²) in [6, 6.07) is 31.3. The Kier molecular flexibility index (Phi) is 8.14. The molecule has 4 heterocycles. The van der Waals surface area contributed by atoms with Gasteiger partial charge in [-0.05, 0) is 88.7 Å². The highest BCUT2D eigenvalue weighted by molar-refractivity contribution is 6.48. The number of hydrogen-bond acceptors (Lipinski definition) is 7. The lowest BCUT2D eigenvalue weighted by molar-refractivity contribution is 0.867. The minimum Gasteiger partial charge on any atom is -0.372 e. The largest absolute Gasteiger partial charge is 0.372 e. The number of benzene rings is 4. The molecule has 0 unspecified atom stereocenters. The van der Waals surface area contributed by atoms with E-state index in [0.29, 0.717) is 5.82 Å². The molecule has 0 fully saturated rings. The number of aromatic amines is 1. The van der Waals surface area contributed by atoms with Crippen molar-refractivity contribution >= 4 is 39.2 Å². The van der Waals surface area contributed by atoms with Gasteiger partial charge in [-0.2, -0.15) is 9.78 Å². The average molecular weight is 635 g/mol. The molecule has 10 nitrogen and oxygen atoms in total. The molecule has 7 aromatic rings. The number of fused-ring (bicyclic) bond motifs is 3. The molecule has 1 aliphatic heterocycles. The van der Waals surface area contributed by atoms with Crippen LogP contribution in [0.4, 0.5) is 11.4 Å². The van der Waals surface area contributed by atoms with Crippen LogP contribution in [0.15, 0.2) is 101 Å². The molecule has 10 heteroatoms. The highest BCUT2D eigenvalue weighted by Gasteiger charge is 2.26. The first-order chi connectivity index (χ1) is 23.3. The predicted molar refractivity (Wildman–Crippen MR) is 195 cm³/mol. The van der Waals surface area contributed by atoms with Crippen LogP contribution >= 0.6 is 0 Å². The Hall–Kier alpha value is -5.90. The lowest BCUT2D eigenvalue weighted by Gasteiger charge is -2.21. The van der Waals surface area contributed by atoms with E-state index in [4.69, 9.17) is 4.99 Å². The molecule has 0 atom stereocenters. The summed E-state index contributed by atoms with van der Waals surface area (Å²) in [7, 11) is 0. The summed E-state index contributed by atoms with van der Waals surface area (Å²) in [5, 5.41) is 27.4. The zero-order chi connectivity index (χ0) is 33.4. The molecular formula is C38H38N10. The van der Waals surface area contributed by atoms with Gasteiger partial charge in [0.2, 0.25) is 5.82 Å². The Labute approximate surface area is 279 Å². The lowest BCUT2D eigenvalue weighted by atomic mass is 10.1.